The van der Waals surface area contributed by atoms with E-state index < -0.39 is 6.04 Å². The molecule has 2 aromatic carbocycles. The maximum Gasteiger partial charge on any atom is 0.252 e. The molecule has 0 saturated carbocycles. The molecule has 0 saturated heterocycles. The van der Waals surface area contributed by atoms with E-state index in [1.54, 1.807) is 37.3 Å². The zero-order valence-electron chi connectivity index (χ0n) is 15.0. The van der Waals surface area contributed by atoms with Gasteiger partial charge in [0.15, 0.2) is 11.5 Å². The zero-order chi connectivity index (χ0) is 19.4. The predicted molar refractivity (Wildman–Crippen MR) is 100 cm³/mol. The number of carbonyl (C=O) groups excluding carboxylic acids is 1. The van der Waals surface area contributed by atoms with Gasteiger partial charge in [0.1, 0.15) is 6.04 Å². The summed E-state index contributed by atoms with van der Waals surface area (Å²) in [4.78, 5) is 16.8. The van der Waals surface area contributed by atoms with Crippen molar-refractivity contribution in [2.75, 3.05) is 14.2 Å². The Kier molecular flexibility index (Phi) is 5.61. The maximum absolute atomic E-state index is 12.5. The van der Waals surface area contributed by atoms with E-state index in [1.165, 1.54) is 14.2 Å². The lowest BCUT2D eigenvalue weighted by Gasteiger charge is -2.12. The lowest BCUT2D eigenvalue weighted by molar-refractivity contribution is 0.0932. The van der Waals surface area contributed by atoms with Crippen molar-refractivity contribution in [1.29, 1.82) is 0 Å². The summed E-state index contributed by atoms with van der Waals surface area (Å²) < 4.78 is 15.7. The van der Waals surface area contributed by atoms with Gasteiger partial charge in [-0.15, -0.1) is 0 Å². The van der Waals surface area contributed by atoms with E-state index >= 15 is 0 Å². The summed E-state index contributed by atoms with van der Waals surface area (Å²) >= 11 is 6.15. The molecule has 1 N–H and O–H groups in total. The molecule has 0 radical (unpaired) electrons. The van der Waals surface area contributed by atoms with E-state index in [-0.39, 0.29) is 11.8 Å². The number of hydrogen-bond donors (Lipinski definition) is 1. The molecule has 0 aliphatic heterocycles. The minimum atomic E-state index is -0.491. The van der Waals surface area contributed by atoms with Crippen LogP contribution in [0.3, 0.4) is 0 Å². The van der Waals surface area contributed by atoms with Gasteiger partial charge in [0.2, 0.25) is 11.7 Å². The molecule has 8 heteroatoms. The second-order valence-electron chi connectivity index (χ2n) is 5.70. The number of amides is 1. The Bertz CT molecular complexity index is 958. The van der Waals surface area contributed by atoms with Crippen molar-refractivity contribution in [3.63, 3.8) is 0 Å². The van der Waals surface area contributed by atoms with Crippen LogP contribution in [0.25, 0.3) is 11.4 Å². The first-order chi connectivity index (χ1) is 13.0. The third-order valence-electron chi connectivity index (χ3n) is 3.92. The number of aromatic nitrogens is 2. The van der Waals surface area contributed by atoms with Crippen molar-refractivity contribution in [3.8, 4) is 22.9 Å². The monoisotopic (exact) mass is 387 g/mol. The average molecular weight is 388 g/mol. The number of nitrogens with one attached hydrogen (secondary N) is 1. The van der Waals surface area contributed by atoms with Crippen LogP contribution >= 0.6 is 11.6 Å². The first-order valence-corrected chi connectivity index (χ1v) is 8.52. The molecule has 0 aliphatic carbocycles. The smallest absolute Gasteiger partial charge is 0.252 e. The second-order valence-corrected chi connectivity index (χ2v) is 6.11. The van der Waals surface area contributed by atoms with Gasteiger partial charge in [-0.3, -0.25) is 4.79 Å². The fourth-order valence-corrected chi connectivity index (χ4v) is 2.70. The van der Waals surface area contributed by atoms with E-state index in [9.17, 15) is 4.79 Å². The second kappa shape index (κ2) is 8.09. The number of hydrogen-bond acceptors (Lipinski definition) is 6. The Labute approximate surface area is 161 Å². The molecule has 1 atom stereocenters. The number of rotatable bonds is 6. The predicted octanol–water partition coefficient (Wildman–Crippen LogP) is 3.90. The van der Waals surface area contributed by atoms with E-state index in [4.69, 9.17) is 25.6 Å². The summed E-state index contributed by atoms with van der Waals surface area (Å²) in [7, 11) is 3.04. The Morgan fingerprint density at radius 3 is 2.59 bits per heavy atom. The zero-order valence-corrected chi connectivity index (χ0v) is 15.8. The van der Waals surface area contributed by atoms with E-state index in [0.717, 1.165) is 0 Å². The van der Waals surface area contributed by atoms with Crippen LogP contribution in [-0.2, 0) is 0 Å². The lowest BCUT2D eigenvalue weighted by atomic mass is 10.1. The van der Waals surface area contributed by atoms with Crippen molar-refractivity contribution < 1.29 is 18.8 Å². The summed E-state index contributed by atoms with van der Waals surface area (Å²) in [6.07, 6.45) is 0. The van der Waals surface area contributed by atoms with Gasteiger partial charge in [0.25, 0.3) is 5.91 Å². The normalized spacial score (nSPS) is 11.7. The largest absolute Gasteiger partial charge is 0.493 e. The van der Waals surface area contributed by atoms with Crippen LogP contribution in [0.2, 0.25) is 5.02 Å². The first kappa shape index (κ1) is 18.7. The van der Waals surface area contributed by atoms with Crippen molar-refractivity contribution >= 4 is 17.5 Å². The van der Waals surface area contributed by atoms with Crippen LogP contribution in [0.4, 0.5) is 0 Å². The molecule has 27 heavy (non-hydrogen) atoms. The Balaban J connectivity index is 1.75. The van der Waals surface area contributed by atoms with Crippen LogP contribution in [0.1, 0.15) is 29.2 Å². The fraction of sp³-hybridized carbons (Fsp3) is 0.211. The summed E-state index contributed by atoms with van der Waals surface area (Å²) in [6, 6.07) is 11.6. The Hall–Kier alpha value is -3.06. The van der Waals surface area contributed by atoms with Crippen molar-refractivity contribution in [2.24, 2.45) is 0 Å². The third-order valence-corrected chi connectivity index (χ3v) is 4.25. The van der Waals surface area contributed by atoms with E-state index in [0.29, 0.717) is 33.5 Å². The molecular weight excluding hydrogens is 370 g/mol. The Morgan fingerprint density at radius 2 is 1.89 bits per heavy atom. The summed E-state index contributed by atoms with van der Waals surface area (Å²) in [5, 5.41) is 7.28. The highest BCUT2D eigenvalue weighted by atomic mass is 35.5. The molecule has 1 aromatic heterocycles. The summed E-state index contributed by atoms with van der Waals surface area (Å²) in [5.41, 5.74) is 1.08. The summed E-state index contributed by atoms with van der Waals surface area (Å²) in [6.45, 7) is 1.75. The number of halogens is 1. The minimum Gasteiger partial charge on any atom is -0.493 e. The highest BCUT2D eigenvalue weighted by molar-refractivity contribution is 6.33. The quantitative estimate of drug-likeness (QED) is 0.690. The topological polar surface area (TPSA) is 86.5 Å². The number of methoxy groups -OCH3 is 2. The van der Waals surface area contributed by atoms with Crippen LogP contribution in [0.5, 0.6) is 11.5 Å². The van der Waals surface area contributed by atoms with Gasteiger partial charge >= 0.3 is 0 Å². The molecule has 140 valence electrons. The van der Waals surface area contributed by atoms with Gasteiger partial charge in [-0.2, -0.15) is 4.98 Å². The van der Waals surface area contributed by atoms with Gasteiger partial charge in [-0.05, 0) is 37.3 Å². The van der Waals surface area contributed by atoms with E-state index in [1.807, 2.05) is 12.1 Å². The van der Waals surface area contributed by atoms with Crippen LogP contribution < -0.4 is 14.8 Å². The molecule has 3 rings (SSSR count). The standard InChI is InChI=1S/C19H18ClN3O4/c1-11(19-22-17(23-27-19)13-6-4-5-7-14(13)20)21-18(24)12-8-9-15(25-2)16(10-12)26-3/h4-11H,1-3H3,(H,21,24)/t11-/m0/s1. The molecule has 0 aliphatic rings. The van der Waals surface area contributed by atoms with Crippen LogP contribution in [0, 0.1) is 0 Å². The van der Waals surface area contributed by atoms with Gasteiger partial charge < -0.3 is 19.3 Å². The molecule has 1 amide bonds. The molecular formula is C19H18ClN3O4. The average Bonchev–Trinajstić information content (AvgIpc) is 3.17. The first-order valence-electron chi connectivity index (χ1n) is 8.15. The molecule has 0 spiro atoms. The minimum absolute atomic E-state index is 0.277. The molecule has 7 nitrogen and oxygen atoms in total. The highest BCUT2D eigenvalue weighted by Crippen LogP contribution is 2.28. The van der Waals surface area contributed by atoms with Gasteiger partial charge in [0, 0.05) is 11.1 Å². The Morgan fingerprint density at radius 1 is 1.15 bits per heavy atom. The lowest BCUT2D eigenvalue weighted by Crippen LogP contribution is -2.26. The number of benzene rings is 2. The third kappa shape index (κ3) is 4.03. The molecule has 0 unspecified atom stereocenters. The van der Waals surface area contributed by atoms with Crippen molar-refractivity contribution in [3.05, 3.63) is 58.9 Å². The van der Waals surface area contributed by atoms with Gasteiger partial charge in [0.05, 0.1) is 19.2 Å². The molecule has 3 aromatic rings. The maximum atomic E-state index is 12.5. The number of carbonyl (C=O) groups is 1. The van der Waals surface area contributed by atoms with Gasteiger partial charge in [-0.25, -0.2) is 0 Å². The molecule has 0 bridgehead atoms. The van der Waals surface area contributed by atoms with E-state index in [2.05, 4.69) is 15.5 Å². The van der Waals surface area contributed by atoms with Crippen LogP contribution in [0.15, 0.2) is 47.0 Å². The van der Waals surface area contributed by atoms with Crippen molar-refractivity contribution in [1.82, 2.24) is 15.5 Å². The van der Waals surface area contributed by atoms with Crippen molar-refractivity contribution in [2.45, 2.75) is 13.0 Å². The van der Waals surface area contributed by atoms with Crippen LogP contribution in [-0.4, -0.2) is 30.3 Å². The molecule has 1 heterocycles. The summed E-state index contributed by atoms with van der Waals surface area (Å²) in [5.74, 6) is 1.35. The van der Waals surface area contributed by atoms with Gasteiger partial charge in [-0.1, -0.05) is 28.9 Å². The number of ether oxygens (including phenoxy) is 2. The SMILES string of the molecule is COc1ccc(C(=O)N[C@@H](C)c2nc(-c3ccccc3Cl)no2)cc1OC. The molecule has 0 fully saturated rings. The fourth-order valence-electron chi connectivity index (χ4n) is 2.48. The highest BCUT2D eigenvalue weighted by Gasteiger charge is 2.20. The number of nitrogens with zero attached hydrogens (tertiary/aromatic N) is 2.